The molecule has 23 heavy (non-hydrogen) atoms. The van der Waals surface area contributed by atoms with Gasteiger partial charge in [-0.15, -0.1) is 0 Å². The van der Waals surface area contributed by atoms with Crippen molar-refractivity contribution in [3.05, 3.63) is 0 Å². The summed E-state index contributed by atoms with van der Waals surface area (Å²) in [6.45, 7) is 6.74. The maximum absolute atomic E-state index is 11.4. The molecule has 0 radical (unpaired) electrons. The summed E-state index contributed by atoms with van der Waals surface area (Å²) in [5.41, 5.74) is 5.34. The second-order valence-electron chi connectivity index (χ2n) is 6.21. The number of rotatable bonds is 13. The van der Waals surface area contributed by atoms with Crippen LogP contribution in [-0.4, -0.2) is 69.7 Å². The Morgan fingerprint density at radius 1 is 1.17 bits per heavy atom. The summed E-state index contributed by atoms with van der Waals surface area (Å²) >= 11 is 0. The molecule has 4 N–H and O–H groups in total. The van der Waals surface area contributed by atoms with Crippen molar-refractivity contribution >= 4 is 11.8 Å². The van der Waals surface area contributed by atoms with Gasteiger partial charge in [0.15, 0.2) is 0 Å². The van der Waals surface area contributed by atoms with Crippen molar-refractivity contribution < 1.29 is 14.3 Å². The minimum Gasteiger partial charge on any atom is -0.374 e. The van der Waals surface area contributed by atoms with Gasteiger partial charge in [0.25, 0.3) is 0 Å². The molecule has 0 bridgehead atoms. The molecule has 0 aromatic heterocycles. The molecule has 0 spiro atoms. The SMILES string of the molecule is CNCCN(C)CCC(C)C(CC(N)=O)OC(C)CC(=O)NC. The average Bonchev–Trinajstić information content (AvgIpc) is 2.49. The van der Waals surface area contributed by atoms with Gasteiger partial charge < -0.3 is 26.0 Å². The van der Waals surface area contributed by atoms with Crippen LogP contribution in [0.1, 0.15) is 33.1 Å². The second-order valence-corrected chi connectivity index (χ2v) is 6.21. The van der Waals surface area contributed by atoms with Gasteiger partial charge in [0, 0.05) is 20.1 Å². The van der Waals surface area contributed by atoms with E-state index in [-0.39, 0.29) is 42.8 Å². The summed E-state index contributed by atoms with van der Waals surface area (Å²) in [6.07, 6.45) is 0.860. The minimum absolute atomic E-state index is 0.0743. The minimum atomic E-state index is -0.377. The van der Waals surface area contributed by atoms with E-state index in [0.29, 0.717) is 0 Å². The number of nitrogens with two attached hydrogens (primary N) is 1. The monoisotopic (exact) mass is 330 g/mol. The van der Waals surface area contributed by atoms with Crippen LogP contribution < -0.4 is 16.4 Å². The zero-order chi connectivity index (χ0) is 17.8. The Labute approximate surface area is 140 Å². The lowest BCUT2D eigenvalue weighted by molar-refractivity contribution is -0.128. The summed E-state index contributed by atoms with van der Waals surface area (Å²) in [7, 11) is 5.60. The third-order valence-corrected chi connectivity index (χ3v) is 3.91. The van der Waals surface area contributed by atoms with Crippen molar-refractivity contribution in [2.75, 3.05) is 40.8 Å². The van der Waals surface area contributed by atoms with Crippen LogP contribution in [0.5, 0.6) is 0 Å². The van der Waals surface area contributed by atoms with Crippen LogP contribution >= 0.6 is 0 Å². The number of carbonyl (C=O) groups is 2. The maximum Gasteiger partial charge on any atom is 0.222 e. The summed E-state index contributed by atoms with van der Waals surface area (Å²) in [4.78, 5) is 25.0. The van der Waals surface area contributed by atoms with E-state index in [1.54, 1.807) is 7.05 Å². The van der Waals surface area contributed by atoms with Crippen LogP contribution in [0.2, 0.25) is 0 Å². The number of hydrogen-bond donors (Lipinski definition) is 3. The second kappa shape index (κ2) is 12.3. The fourth-order valence-electron chi connectivity index (χ4n) is 2.32. The van der Waals surface area contributed by atoms with E-state index in [1.807, 2.05) is 14.0 Å². The van der Waals surface area contributed by atoms with Crippen LogP contribution in [0, 0.1) is 5.92 Å². The molecule has 0 aromatic carbocycles. The highest BCUT2D eigenvalue weighted by Gasteiger charge is 2.23. The van der Waals surface area contributed by atoms with Gasteiger partial charge in [0.05, 0.1) is 25.0 Å². The zero-order valence-electron chi connectivity index (χ0n) is 15.2. The van der Waals surface area contributed by atoms with E-state index in [4.69, 9.17) is 10.5 Å². The lowest BCUT2D eigenvalue weighted by atomic mass is 9.97. The molecule has 0 aliphatic carbocycles. The molecule has 0 rings (SSSR count). The highest BCUT2D eigenvalue weighted by molar-refractivity contribution is 5.76. The molecule has 3 unspecified atom stereocenters. The van der Waals surface area contributed by atoms with Crippen molar-refractivity contribution in [3.63, 3.8) is 0 Å². The summed E-state index contributed by atoms with van der Waals surface area (Å²) in [6, 6.07) is 0. The normalized spacial score (nSPS) is 15.2. The third kappa shape index (κ3) is 11.1. The number of nitrogens with zero attached hydrogens (tertiary/aromatic N) is 1. The van der Waals surface area contributed by atoms with Crippen LogP contribution in [0.3, 0.4) is 0 Å². The predicted molar refractivity (Wildman–Crippen MR) is 92.0 cm³/mol. The maximum atomic E-state index is 11.4. The van der Waals surface area contributed by atoms with Gasteiger partial charge >= 0.3 is 0 Å². The van der Waals surface area contributed by atoms with Crippen LogP contribution in [-0.2, 0) is 14.3 Å². The summed E-state index contributed by atoms with van der Waals surface area (Å²) in [5.74, 6) is -0.265. The first kappa shape index (κ1) is 21.8. The van der Waals surface area contributed by atoms with E-state index in [2.05, 4.69) is 29.5 Å². The molecule has 0 aliphatic rings. The lowest BCUT2D eigenvalue weighted by Crippen LogP contribution is -2.35. The highest BCUT2D eigenvalue weighted by Crippen LogP contribution is 2.18. The first-order valence-electron chi connectivity index (χ1n) is 8.27. The van der Waals surface area contributed by atoms with Gasteiger partial charge in [-0.3, -0.25) is 9.59 Å². The van der Waals surface area contributed by atoms with E-state index in [9.17, 15) is 9.59 Å². The zero-order valence-corrected chi connectivity index (χ0v) is 15.2. The molecule has 3 atom stereocenters. The van der Waals surface area contributed by atoms with Crippen molar-refractivity contribution in [1.82, 2.24) is 15.5 Å². The molecule has 0 aliphatic heterocycles. The number of likely N-dealkylation sites (N-methyl/N-ethyl adjacent to an activating group) is 2. The Hall–Kier alpha value is -1.18. The van der Waals surface area contributed by atoms with E-state index in [1.165, 1.54) is 0 Å². The van der Waals surface area contributed by atoms with Gasteiger partial charge in [0.2, 0.25) is 11.8 Å². The lowest BCUT2D eigenvalue weighted by Gasteiger charge is -2.28. The molecular weight excluding hydrogens is 296 g/mol. The van der Waals surface area contributed by atoms with Gasteiger partial charge in [-0.2, -0.15) is 0 Å². The first-order chi connectivity index (χ1) is 10.8. The molecule has 2 amide bonds. The topological polar surface area (TPSA) is 96.7 Å². The smallest absolute Gasteiger partial charge is 0.222 e. The number of primary amides is 1. The number of hydrogen-bond acceptors (Lipinski definition) is 5. The quantitative estimate of drug-likeness (QED) is 0.440. The first-order valence-corrected chi connectivity index (χ1v) is 8.27. The Morgan fingerprint density at radius 2 is 1.83 bits per heavy atom. The molecule has 0 aromatic rings. The Bertz CT molecular complexity index is 352. The van der Waals surface area contributed by atoms with Crippen LogP contribution in [0.15, 0.2) is 0 Å². The highest BCUT2D eigenvalue weighted by atomic mass is 16.5. The Morgan fingerprint density at radius 3 is 2.35 bits per heavy atom. The Kier molecular flexibility index (Phi) is 11.6. The Balaban J connectivity index is 4.44. The van der Waals surface area contributed by atoms with Crippen molar-refractivity contribution in [2.24, 2.45) is 11.7 Å². The van der Waals surface area contributed by atoms with Gasteiger partial charge in [-0.25, -0.2) is 0 Å². The summed E-state index contributed by atoms with van der Waals surface area (Å²) < 4.78 is 5.92. The molecular formula is C16H34N4O3. The number of carbonyl (C=O) groups excluding carboxylic acids is 2. The molecule has 0 saturated heterocycles. The van der Waals surface area contributed by atoms with E-state index in [0.717, 1.165) is 26.1 Å². The number of ether oxygens (including phenoxy) is 1. The average molecular weight is 330 g/mol. The molecule has 0 fully saturated rings. The molecule has 0 saturated carbocycles. The van der Waals surface area contributed by atoms with Crippen LogP contribution in [0.25, 0.3) is 0 Å². The van der Waals surface area contributed by atoms with Crippen LogP contribution in [0.4, 0.5) is 0 Å². The summed E-state index contributed by atoms with van der Waals surface area (Å²) in [5, 5.41) is 5.70. The molecule has 7 heteroatoms. The van der Waals surface area contributed by atoms with Gasteiger partial charge in [0.1, 0.15) is 0 Å². The molecule has 7 nitrogen and oxygen atoms in total. The fraction of sp³-hybridized carbons (Fsp3) is 0.875. The van der Waals surface area contributed by atoms with Crippen molar-refractivity contribution in [1.29, 1.82) is 0 Å². The van der Waals surface area contributed by atoms with Crippen molar-refractivity contribution in [2.45, 2.75) is 45.3 Å². The van der Waals surface area contributed by atoms with E-state index >= 15 is 0 Å². The molecule has 136 valence electrons. The third-order valence-electron chi connectivity index (χ3n) is 3.91. The standard InChI is InChI=1S/C16H34N4O3/c1-12(6-8-20(5)9-7-18-3)14(11-15(17)21)23-13(2)10-16(22)19-4/h12-14,18H,6-11H2,1-5H3,(H2,17,21)(H,19,22). The molecule has 0 heterocycles. The fourth-order valence-corrected chi connectivity index (χ4v) is 2.32. The number of amides is 2. The van der Waals surface area contributed by atoms with E-state index < -0.39 is 0 Å². The van der Waals surface area contributed by atoms with Crippen molar-refractivity contribution in [3.8, 4) is 0 Å². The largest absolute Gasteiger partial charge is 0.374 e. The predicted octanol–water partition coefficient (Wildman–Crippen LogP) is -0.0510. The number of nitrogens with one attached hydrogen (secondary N) is 2. The van der Waals surface area contributed by atoms with Gasteiger partial charge in [-0.05, 0) is 39.9 Å². The van der Waals surface area contributed by atoms with Gasteiger partial charge in [-0.1, -0.05) is 6.92 Å².